The molecule has 0 N–H and O–H groups in total. The minimum Gasteiger partial charge on any atom is -0.300 e. The fourth-order valence-corrected chi connectivity index (χ4v) is 3.61. The second-order valence-corrected chi connectivity index (χ2v) is 5.76. The van der Waals surface area contributed by atoms with E-state index in [1.165, 1.54) is 21.2 Å². The van der Waals surface area contributed by atoms with Gasteiger partial charge in [0, 0.05) is 23.2 Å². The van der Waals surface area contributed by atoms with Crippen molar-refractivity contribution in [2.45, 2.75) is 13.3 Å². The molecule has 0 unspecified atom stereocenters. The zero-order valence-corrected chi connectivity index (χ0v) is 11.8. The number of hydrogen-bond donors (Lipinski definition) is 0. The molecule has 0 fully saturated rings. The van der Waals surface area contributed by atoms with E-state index in [-0.39, 0.29) is 0 Å². The highest BCUT2D eigenvalue weighted by Gasteiger charge is 2.14. The lowest BCUT2D eigenvalue weighted by Gasteiger charge is -2.24. The lowest BCUT2D eigenvalue weighted by Crippen LogP contribution is -2.27. The van der Waals surface area contributed by atoms with Crippen molar-refractivity contribution in [1.29, 1.82) is 5.26 Å². The van der Waals surface area contributed by atoms with Gasteiger partial charge in [0.1, 0.15) is 0 Å². The Morgan fingerprint density at radius 3 is 3.00 bits per heavy atom. The van der Waals surface area contributed by atoms with Crippen LogP contribution in [0.15, 0.2) is 29.7 Å². The molecule has 19 heavy (non-hydrogen) atoms. The molecule has 1 aliphatic heterocycles. The van der Waals surface area contributed by atoms with Crippen LogP contribution in [0.3, 0.4) is 0 Å². The van der Waals surface area contributed by atoms with E-state index in [2.05, 4.69) is 35.4 Å². The minimum absolute atomic E-state index is 0.746. The molecular formula is C16H16N2S. The van der Waals surface area contributed by atoms with E-state index < -0.39 is 0 Å². The zero-order valence-electron chi connectivity index (χ0n) is 11.0. The molecule has 0 amide bonds. The molecule has 2 aromatic rings. The summed E-state index contributed by atoms with van der Waals surface area (Å²) in [6.07, 6.45) is 3.48. The van der Waals surface area contributed by atoms with E-state index in [1.807, 2.05) is 12.1 Å². The normalized spacial score (nSPS) is 16.3. The van der Waals surface area contributed by atoms with E-state index >= 15 is 0 Å². The smallest absolute Gasteiger partial charge is 0.0992 e. The number of thiophene rings is 1. The summed E-state index contributed by atoms with van der Waals surface area (Å²) in [5.74, 6) is 0. The van der Waals surface area contributed by atoms with E-state index in [1.54, 1.807) is 11.3 Å². The standard InChI is InChI=1S/C16H16N2S/c1-2-18-7-5-13(6-8-18)15-11-19-16-9-12(10-17)3-4-14(15)16/h3-5,9,11H,2,6-8H2,1H3. The second kappa shape index (κ2) is 5.16. The van der Waals surface area contributed by atoms with Crippen molar-refractivity contribution in [3.8, 4) is 6.07 Å². The van der Waals surface area contributed by atoms with E-state index in [4.69, 9.17) is 5.26 Å². The Morgan fingerprint density at radius 2 is 2.32 bits per heavy atom. The highest BCUT2D eigenvalue weighted by Crippen LogP contribution is 2.34. The van der Waals surface area contributed by atoms with E-state index in [0.29, 0.717) is 0 Å². The van der Waals surface area contributed by atoms with Crippen LogP contribution in [0.1, 0.15) is 24.5 Å². The number of nitriles is 1. The molecule has 0 aliphatic carbocycles. The second-order valence-electron chi connectivity index (χ2n) is 4.84. The molecule has 3 rings (SSSR count). The summed E-state index contributed by atoms with van der Waals surface area (Å²) in [4.78, 5) is 2.45. The fraction of sp³-hybridized carbons (Fsp3) is 0.312. The first-order valence-electron chi connectivity index (χ1n) is 6.65. The lowest BCUT2D eigenvalue weighted by molar-refractivity contribution is 0.319. The van der Waals surface area contributed by atoms with Gasteiger partial charge in [0.25, 0.3) is 0 Å². The number of nitrogens with zero attached hydrogens (tertiary/aromatic N) is 2. The van der Waals surface area contributed by atoms with Gasteiger partial charge in [0.05, 0.1) is 11.6 Å². The Labute approximate surface area is 117 Å². The molecule has 2 nitrogen and oxygen atoms in total. The van der Waals surface area contributed by atoms with Gasteiger partial charge < -0.3 is 0 Å². The minimum atomic E-state index is 0.746. The van der Waals surface area contributed by atoms with Gasteiger partial charge in [-0.3, -0.25) is 4.90 Å². The first-order chi connectivity index (χ1) is 9.31. The predicted molar refractivity (Wildman–Crippen MR) is 81.2 cm³/mol. The van der Waals surface area contributed by atoms with Gasteiger partial charge in [-0.05, 0) is 41.6 Å². The van der Waals surface area contributed by atoms with Crippen LogP contribution in [0.4, 0.5) is 0 Å². The number of rotatable bonds is 2. The number of likely N-dealkylation sites (N-methyl/N-ethyl adjacent to an activating group) is 1. The maximum absolute atomic E-state index is 8.95. The molecule has 1 aromatic carbocycles. The summed E-state index contributed by atoms with van der Waals surface area (Å²) in [5, 5.41) is 12.5. The largest absolute Gasteiger partial charge is 0.300 e. The zero-order chi connectivity index (χ0) is 13.2. The monoisotopic (exact) mass is 268 g/mol. The molecule has 0 bridgehead atoms. The summed E-state index contributed by atoms with van der Waals surface area (Å²) >= 11 is 1.74. The van der Waals surface area contributed by atoms with Crippen LogP contribution in [-0.4, -0.2) is 24.5 Å². The SMILES string of the molecule is CCN1CC=C(c2csc3cc(C#N)ccc23)CC1. The number of benzene rings is 1. The third-order valence-corrected chi connectivity index (χ3v) is 4.74. The van der Waals surface area contributed by atoms with Crippen LogP contribution in [-0.2, 0) is 0 Å². The fourth-order valence-electron chi connectivity index (χ4n) is 2.59. The van der Waals surface area contributed by atoms with Crippen molar-refractivity contribution in [1.82, 2.24) is 4.90 Å². The quantitative estimate of drug-likeness (QED) is 0.826. The van der Waals surface area contributed by atoms with Gasteiger partial charge in [-0.1, -0.05) is 19.1 Å². The third-order valence-electron chi connectivity index (χ3n) is 3.79. The van der Waals surface area contributed by atoms with Crippen LogP contribution in [0.25, 0.3) is 15.7 Å². The lowest BCUT2D eigenvalue weighted by atomic mass is 9.98. The number of fused-ring (bicyclic) bond motifs is 1. The van der Waals surface area contributed by atoms with Gasteiger partial charge in [-0.25, -0.2) is 0 Å². The number of hydrogen-bond acceptors (Lipinski definition) is 3. The molecule has 0 saturated carbocycles. The molecular weight excluding hydrogens is 252 g/mol. The summed E-state index contributed by atoms with van der Waals surface area (Å²) in [7, 11) is 0. The van der Waals surface area contributed by atoms with E-state index in [9.17, 15) is 0 Å². The summed E-state index contributed by atoms with van der Waals surface area (Å²) < 4.78 is 1.22. The Balaban J connectivity index is 1.98. The van der Waals surface area contributed by atoms with E-state index in [0.717, 1.165) is 31.6 Å². The van der Waals surface area contributed by atoms with Gasteiger partial charge in [-0.2, -0.15) is 5.26 Å². The van der Waals surface area contributed by atoms with Crippen molar-refractivity contribution in [3.63, 3.8) is 0 Å². The molecule has 1 aliphatic rings. The molecule has 0 saturated heterocycles. The van der Waals surface area contributed by atoms with Crippen LogP contribution in [0.2, 0.25) is 0 Å². The van der Waals surface area contributed by atoms with Crippen LogP contribution in [0.5, 0.6) is 0 Å². The Kier molecular flexibility index (Phi) is 3.37. The average Bonchev–Trinajstić information content (AvgIpc) is 2.90. The van der Waals surface area contributed by atoms with Gasteiger partial charge in [-0.15, -0.1) is 11.3 Å². The van der Waals surface area contributed by atoms with Crippen LogP contribution < -0.4 is 0 Å². The Hall–Kier alpha value is -1.63. The van der Waals surface area contributed by atoms with Crippen LogP contribution >= 0.6 is 11.3 Å². The molecule has 3 heteroatoms. The van der Waals surface area contributed by atoms with Crippen molar-refractivity contribution < 1.29 is 0 Å². The van der Waals surface area contributed by atoms with Crippen molar-refractivity contribution >= 4 is 27.0 Å². The average molecular weight is 268 g/mol. The highest BCUT2D eigenvalue weighted by molar-refractivity contribution is 7.17. The summed E-state index contributed by atoms with van der Waals surface area (Å²) in [5.41, 5.74) is 3.57. The first kappa shape index (κ1) is 12.4. The van der Waals surface area contributed by atoms with Crippen molar-refractivity contribution in [2.75, 3.05) is 19.6 Å². The van der Waals surface area contributed by atoms with Crippen LogP contribution in [0, 0.1) is 11.3 Å². The first-order valence-corrected chi connectivity index (χ1v) is 7.53. The molecule has 0 atom stereocenters. The van der Waals surface area contributed by atoms with Gasteiger partial charge in [0.2, 0.25) is 0 Å². The maximum Gasteiger partial charge on any atom is 0.0992 e. The molecule has 0 radical (unpaired) electrons. The molecule has 96 valence electrons. The Morgan fingerprint density at radius 1 is 1.42 bits per heavy atom. The highest BCUT2D eigenvalue weighted by atomic mass is 32.1. The van der Waals surface area contributed by atoms with Gasteiger partial charge >= 0.3 is 0 Å². The third kappa shape index (κ3) is 2.30. The maximum atomic E-state index is 8.95. The molecule has 0 spiro atoms. The summed E-state index contributed by atoms with van der Waals surface area (Å²) in [6, 6.07) is 8.20. The predicted octanol–water partition coefficient (Wildman–Crippen LogP) is 3.88. The van der Waals surface area contributed by atoms with Crippen molar-refractivity contribution in [2.24, 2.45) is 0 Å². The van der Waals surface area contributed by atoms with Gasteiger partial charge in [0.15, 0.2) is 0 Å². The Bertz CT molecular complexity index is 676. The summed E-state index contributed by atoms with van der Waals surface area (Å²) in [6.45, 7) is 5.54. The molecule has 2 heterocycles. The topological polar surface area (TPSA) is 27.0 Å². The molecule has 1 aromatic heterocycles. The van der Waals surface area contributed by atoms with Crippen molar-refractivity contribution in [3.05, 3.63) is 40.8 Å².